The molecule has 2 atom stereocenters. The van der Waals surface area contributed by atoms with Gasteiger partial charge in [0.1, 0.15) is 11.9 Å². The second-order valence-corrected chi connectivity index (χ2v) is 4.79. The number of halogens is 1. The third-order valence-corrected chi connectivity index (χ3v) is 3.37. The van der Waals surface area contributed by atoms with Crippen LogP contribution in [0, 0.1) is 10.1 Å². The lowest BCUT2D eigenvalue weighted by Crippen LogP contribution is -2.34. The predicted molar refractivity (Wildman–Crippen MR) is 67.0 cm³/mol. The van der Waals surface area contributed by atoms with E-state index in [1.54, 1.807) is 0 Å². The van der Waals surface area contributed by atoms with Gasteiger partial charge in [-0.25, -0.2) is 0 Å². The molecule has 0 bridgehead atoms. The first kappa shape index (κ1) is 13.1. The lowest BCUT2D eigenvalue weighted by molar-refractivity contribution is -0.384. The Kier molecular flexibility index (Phi) is 4.04. The average molecular weight is 272 g/mol. The lowest BCUT2D eigenvalue weighted by Gasteiger charge is -2.28. The smallest absolute Gasteiger partial charge is 0.271 e. The summed E-state index contributed by atoms with van der Waals surface area (Å²) in [5.74, 6) is 0.383. The number of nitro groups is 1. The van der Waals surface area contributed by atoms with Gasteiger partial charge < -0.3 is 9.84 Å². The van der Waals surface area contributed by atoms with Crippen LogP contribution in [0.4, 0.5) is 5.69 Å². The molecule has 1 aliphatic carbocycles. The maximum Gasteiger partial charge on any atom is 0.271 e. The van der Waals surface area contributed by atoms with Crippen molar-refractivity contribution in [2.75, 3.05) is 0 Å². The van der Waals surface area contributed by atoms with E-state index >= 15 is 0 Å². The van der Waals surface area contributed by atoms with E-state index in [0.29, 0.717) is 5.75 Å². The van der Waals surface area contributed by atoms with Crippen molar-refractivity contribution in [3.63, 3.8) is 0 Å². The Morgan fingerprint density at radius 3 is 2.72 bits per heavy atom. The van der Waals surface area contributed by atoms with Crippen LogP contribution in [0.5, 0.6) is 5.75 Å². The van der Waals surface area contributed by atoms with Gasteiger partial charge in [-0.3, -0.25) is 10.1 Å². The molecule has 6 heteroatoms. The van der Waals surface area contributed by atoms with Gasteiger partial charge in [-0.05, 0) is 25.3 Å². The molecule has 1 aromatic rings. The highest BCUT2D eigenvalue weighted by atomic mass is 35.5. The number of nitrogens with zero attached hydrogens (tertiary/aromatic N) is 1. The number of hydrogen-bond acceptors (Lipinski definition) is 4. The summed E-state index contributed by atoms with van der Waals surface area (Å²) in [6.07, 6.45) is 2.72. The molecule has 0 amide bonds. The van der Waals surface area contributed by atoms with Crippen molar-refractivity contribution in [3.05, 3.63) is 33.3 Å². The van der Waals surface area contributed by atoms with Crippen LogP contribution in [0.15, 0.2) is 18.2 Å². The van der Waals surface area contributed by atoms with Crippen LogP contribution in [-0.2, 0) is 0 Å². The zero-order valence-electron chi connectivity index (χ0n) is 9.71. The molecule has 5 nitrogen and oxygen atoms in total. The van der Waals surface area contributed by atoms with Gasteiger partial charge in [-0.15, -0.1) is 0 Å². The van der Waals surface area contributed by atoms with Crippen LogP contribution in [0.25, 0.3) is 0 Å². The summed E-state index contributed by atoms with van der Waals surface area (Å²) < 4.78 is 5.63. The van der Waals surface area contributed by atoms with E-state index in [9.17, 15) is 15.2 Å². The average Bonchev–Trinajstić information content (AvgIpc) is 2.34. The molecule has 0 radical (unpaired) electrons. The Hall–Kier alpha value is -1.33. The van der Waals surface area contributed by atoms with Crippen LogP contribution in [-0.4, -0.2) is 22.2 Å². The van der Waals surface area contributed by atoms with Gasteiger partial charge in [0, 0.05) is 12.1 Å². The number of aliphatic hydroxyl groups is 1. The largest absolute Gasteiger partial charge is 0.486 e. The van der Waals surface area contributed by atoms with Gasteiger partial charge in [-0.1, -0.05) is 18.0 Å². The molecule has 98 valence electrons. The molecule has 0 aliphatic heterocycles. The van der Waals surface area contributed by atoms with Crippen LogP contribution in [0.2, 0.25) is 5.02 Å². The Labute approximate surface area is 109 Å². The number of benzene rings is 1. The van der Waals surface area contributed by atoms with E-state index in [4.69, 9.17) is 16.3 Å². The van der Waals surface area contributed by atoms with E-state index in [1.807, 2.05) is 0 Å². The highest BCUT2D eigenvalue weighted by Crippen LogP contribution is 2.32. The van der Waals surface area contributed by atoms with Gasteiger partial charge in [-0.2, -0.15) is 0 Å². The summed E-state index contributed by atoms with van der Waals surface area (Å²) in [7, 11) is 0. The molecule has 1 fully saturated rings. The summed E-state index contributed by atoms with van der Waals surface area (Å²) >= 11 is 5.93. The first-order chi connectivity index (χ1) is 8.58. The second-order valence-electron chi connectivity index (χ2n) is 4.38. The fraction of sp³-hybridized carbons (Fsp3) is 0.500. The number of rotatable bonds is 3. The quantitative estimate of drug-likeness (QED) is 0.678. The third-order valence-electron chi connectivity index (χ3n) is 3.07. The molecule has 2 rings (SSSR count). The molecular weight excluding hydrogens is 258 g/mol. The topological polar surface area (TPSA) is 72.6 Å². The Morgan fingerprint density at radius 2 is 2.11 bits per heavy atom. The van der Waals surface area contributed by atoms with E-state index in [2.05, 4.69) is 0 Å². The van der Waals surface area contributed by atoms with E-state index in [1.165, 1.54) is 18.2 Å². The summed E-state index contributed by atoms with van der Waals surface area (Å²) in [5, 5.41) is 20.6. The minimum atomic E-state index is -0.509. The monoisotopic (exact) mass is 271 g/mol. The zero-order valence-corrected chi connectivity index (χ0v) is 10.5. The zero-order chi connectivity index (χ0) is 13.1. The summed E-state index contributed by atoms with van der Waals surface area (Å²) in [6.45, 7) is 0. The van der Waals surface area contributed by atoms with Crippen LogP contribution in [0.3, 0.4) is 0 Å². The molecule has 18 heavy (non-hydrogen) atoms. The molecular formula is C12H14ClNO4. The number of nitro benzene ring substituents is 1. The number of ether oxygens (including phenoxy) is 1. The van der Waals surface area contributed by atoms with Crippen LogP contribution in [0.1, 0.15) is 25.7 Å². The molecule has 1 saturated carbocycles. The maximum atomic E-state index is 10.6. The van der Waals surface area contributed by atoms with Crippen molar-refractivity contribution in [3.8, 4) is 5.75 Å². The number of aliphatic hydroxyl groups excluding tert-OH is 1. The van der Waals surface area contributed by atoms with Gasteiger partial charge >= 0.3 is 0 Å². The molecule has 0 saturated heterocycles. The normalized spacial score (nSPS) is 23.7. The highest BCUT2D eigenvalue weighted by molar-refractivity contribution is 6.32. The fourth-order valence-electron chi connectivity index (χ4n) is 2.08. The molecule has 1 aliphatic rings. The Balaban J connectivity index is 2.11. The summed E-state index contributed by atoms with van der Waals surface area (Å²) in [6, 6.07) is 4.07. The first-order valence-electron chi connectivity index (χ1n) is 5.86. The minimum Gasteiger partial charge on any atom is -0.486 e. The standard InChI is InChI=1S/C12H14ClNO4/c13-9-7-8(14(16)17)5-6-11(9)18-12-4-2-1-3-10(12)15/h5-7,10,12,15H,1-4H2. The fourth-order valence-corrected chi connectivity index (χ4v) is 2.30. The highest BCUT2D eigenvalue weighted by Gasteiger charge is 2.25. The van der Waals surface area contributed by atoms with Crippen molar-refractivity contribution in [2.24, 2.45) is 0 Å². The minimum absolute atomic E-state index is 0.0726. The lowest BCUT2D eigenvalue weighted by atomic mass is 9.95. The van der Waals surface area contributed by atoms with Gasteiger partial charge in [0.2, 0.25) is 0 Å². The Morgan fingerprint density at radius 1 is 1.39 bits per heavy atom. The maximum absolute atomic E-state index is 10.6. The predicted octanol–water partition coefficient (Wildman–Crippen LogP) is 2.93. The SMILES string of the molecule is O=[N+]([O-])c1ccc(OC2CCCCC2O)c(Cl)c1. The van der Waals surface area contributed by atoms with E-state index in [-0.39, 0.29) is 16.8 Å². The molecule has 0 aromatic heterocycles. The molecule has 0 spiro atoms. The Bertz CT molecular complexity index is 452. The van der Waals surface area contributed by atoms with Gasteiger partial charge in [0.15, 0.2) is 0 Å². The van der Waals surface area contributed by atoms with Crippen molar-refractivity contribution in [1.82, 2.24) is 0 Å². The van der Waals surface area contributed by atoms with Gasteiger partial charge in [0.05, 0.1) is 16.0 Å². The van der Waals surface area contributed by atoms with Crippen molar-refractivity contribution in [2.45, 2.75) is 37.9 Å². The number of hydrogen-bond donors (Lipinski definition) is 1. The molecule has 0 heterocycles. The summed E-state index contributed by atoms with van der Waals surface area (Å²) in [5.41, 5.74) is -0.0726. The van der Waals surface area contributed by atoms with Crippen LogP contribution >= 0.6 is 11.6 Å². The van der Waals surface area contributed by atoms with E-state index < -0.39 is 11.0 Å². The third kappa shape index (κ3) is 2.91. The first-order valence-corrected chi connectivity index (χ1v) is 6.24. The molecule has 1 aromatic carbocycles. The number of non-ortho nitro benzene ring substituents is 1. The van der Waals surface area contributed by atoms with Crippen molar-refractivity contribution in [1.29, 1.82) is 0 Å². The van der Waals surface area contributed by atoms with Crippen LogP contribution < -0.4 is 4.74 Å². The molecule has 1 N–H and O–H groups in total. The summed E-state index contributed by atoms with van der Waals surface area (Å²) in [4.78, 5) is 10.1. The second kappa shape index (κ2) is 5.54. The van der Waals surface area contributed by atoms with Gasteiger partial charge in [0.25, 0.3) is 5.69 Å². The van der Waals surface area contributed by atoms with Crippen molar-refractivity contribution >= 4 is 17.3 Å². The molecule has 2 unspecified atom stereocenters. The van der Waals surface area contributed by atoms with Crippen molar-refractivity contribution < 1.29 is 14.8 Å². The van der Waals surface area contributed by atoms with E-state index in [0.717, 1.165) is 25.7 Å².